The fraction of sp³-hybridized carbons (Fsp3) is 0.333. The highest BCUT2D eigenvalue weighted by atomic mass is 16.5. The van der Waals surface area contributed by atoms with E-state index in [0.29, 0.717) is 13.0 Å². The van der Waals surface area contributed by atoms with Gasteiger partial charge in [0.05, 0.1) is 18.2 Å². The number of para-hydroxylation sites is 1. The lowest BCUT2D eigenvalue weighted by Crippen LogP contribution is -2.23. The van der Waals surface area contributed by atoms with Crippen LogP contribution in [0, 0.1) is 5.92 Å². The molecule has 0 aliphatic heterocycles. The number of ether oxygens (including phenoxy) is 1. The standard InChI is InChI=1S/C15H19NO2/c1-4-9-14(15(17)18-5-2)12(3)16-13-10-7-6-8-11-13/h4,6-8,10-11,14H,1,5,9H2,2-3H3. The van der Waals surface area contributed by atoms with Gasteiger partial charge < -0.3 is 4.74 Å². The number of allylic oxidation sites excluding steroid dienone is 1. The van der Waals surface area contributed by atoms with Crippen LogP contribution in [-0.2, 0) is 9.53 Å². The van der Waals surface area contributed by atoms with Crippen LogP contribution in [-0.4, -0.2) is 18.3 Å². The molecule has 3 heteroatoms. The Hall–Kier alpha value is -1.90. The molecule has 1 atom stereocenters. The third kappa shape index (κ3) is 4.17. The number of esters is 1. The Morgan fingerprint density at radius 1 is 1.44 bits per heavy atom. The number of nitrogens with zero attached hydrogens (tertiary/aromatic N) is 1. The molecule has 1 aromatic carbocycles. The summed E-state index contributed by atoms with van der Waals surface area (Å²) in [7, 11) is 0. The van der Waals surface area contributed by atoms with Gasteiger partial charge in [-0.15, -0.1) is 6.58 Å². The van der Waals surface area contributed by atoms with E-state index in [2.05, 4.69) is 11.6 Å². The molecular formula is C15H19NO2. The largest absolute Gasteiger partial charge is 0.465 e. The number of aliphatic imine (C=N–C) groups is 1. The Balaban J connectivity index is 2.88. The lowest BCUT2D eigenvalue weighted by atomic mass is 10.0. The fourth-order valence-electron chi connectivity index (χ4n) is 1.63. The number of hydrogen-bond donors (Lipinski definition) is 0. The third-order valence-corrected chi connectivity index (χ3v) is 2.54. The van der Waals surface area contributed by atoms with Crippen molar-refractivity contribution in [3.8, 4) is 0 Å². The van der Waals surface area contributed by atoms with Crippen LogP contribution < -0.4 is 0 Å². The van der Waals surface area contributed by atoms with Crippen molar-refractivity contribution in [3.05, 3.63) is 43.0 Å². The van der Waals surface area contributed by atoms with E-state index in [9.17, 15) is 4.79 Å². The van der Waals surface area contributed by atoms with Crippen LogP contribution in [0.2, 0.25) is 0 Å². The Bertz CT molecular complexity index is 423. The minimum atomic E-state index is -0.345. The van der Waals surface area contributed by atoms with E-state index < -0.39 is 0 Å². The minimum absolute atomic E-state index is 0.241. The van der Waals surface area contributed by atoms with Crippen molar-refractivity contribution in [2.75, 3.05) is 6.61 Å². The summed E-state index contributed by atoms with van der Waals surface area (Å²) in [6, 6.07) is 9.57. The maximum atomic E-state index is 11.8. The maximum absolute atomic E-state index is 11.8. The van der Waals surface area contributed by atoms with E-state index >= 15 is 0 Å². The van der Waals surface area contributed by atoms with Gasteiger partial charge in [0, 0.05) is 5.71 Å². The molecule has 0 bridgehead atoms. The number of carbonyl (C=O) groups excluding carboxylic acids is 1. The van der Waals surface area contributed by atoms with E-state index in [1.807, 2.05) is 37.3 Å². The molecule has 18 heavy (non-hydrogen) atoms. The van der Waals surface area contributed by atoms with Gasteiger partial charge in [-0.25, -0.2) is 0 Å². The monoisotopic (exact) mass is 245 g/mol. The molecule has 1 rings (SSSR count). The van der Waals surface area contributed by atoms with Crippen molar-refractivity contribution in [2.45, 2.75) is 20.3 Å². The van der Waals surface area contributed by atoms with Crippen LogP contribution in [0.3, 0.4) is 0 Å². The van der Waals surface area contributed by atoms with E-state index in [1.54, 1.807) is 13.0 Å². The Morgan fingerprint density at radius 2 is 2.11 bits per heavy atom. The highest BCUT2D eigenvalue weighted by molar-refractivity contribution is 6.02. The summed E-state index contributed by atoms with van der Waals surface area (Å²) in [6.07, 6.45) is 2.26. The summed E-state index contributed by atoms with van der Waals surface area (Å²) in [5, 5.41) is 0. The SMILES string of the molecule is C=CCC(C(=O)OCC)C(C)=Nc1ccccc1. The molecule has 0 aliphatic rings. The van der Waals surface area contributed by atoms with Gasteiger partial charge in [0.2, 0.25) is 0 Å². The molecule has 3 nitrogen and oxygen atoms in total. The minimum Gasteiger partial charge on any atom is -0.465 e. The molecule has 1 unspecified atom stereocenters. The number of carbonyl (C=O) groups is 1. The van der Waals surface area contributed by atoms with Crippen LogP contribution in [0.25, 0.3) is 0 Å². The van der Waals surface area contributed by atoms with Gasteiger partial charge in [-0.2, -0.15) is 0 Å². The lowest BCUT2D eigenvalue weighted by Gasteiger charge is -2.13. The topological polar surface area (TPSA) is 38.7 Å². The predicted molar refractivity (Wildman–Crippen MR) is 74.1 cm³/mol. The zero-order chi connectivity index (χ0) is 13.4. The first-order valence-electron chi connectivity index (χ1n) is 6.06. The molecule has 0 spiro atoms. The Morgan fingerprint density at radius 3 is 2.67 bits per heavy atom. The molecule has 0 aliphatic carbocycles. The smallest absolute Gasteiger partial charge is 0.314 e. The lowest BCUT2D eigenvalue weighted by molar-refractivity contribution is -0.145. The van der Waals surface area contributed by atoms with Crippen molar-refractivity contribution < 1.29 is 9.53 Å². The summed E-state index contributed by atoms with van der Waals surface area (Å²) in [4.78, 5) is 16.3. The van der Waals surface area contributed by atoms with E-state index in [-0.39, 0.29) is 11.9 Å². The summed E-state index contributed by atoms with van der Waals surface area (Å²) >= 11 is 0. The summed E-state index contributed by atoms with van der Waals surface area (Å²) in [5.74, 6) is -0.586. The molecule has 0 heterocycles. The van der Waals surface area contributed by atoms with Crippen molar-refractivity contribution in [2.24, 2.45) is 10.9 Å². The predicted octanol–water partition coefficient (Wildman–Crippen LogP) is 3.53. The van der Waals surface area contributed by atoms with Crippen LogP contribution in [0.4, 0.5) is 5.69 Å². The average molecular weight is 245 g/mol. The van der Waals surface area contributed by atoms with Crippen molar-refractivity contribution in [1.29, 1.82) is 0 Å². The molecule has 0 aromatic heterocycles. The first-order valence-corrected chi connectivity index (χ1v) is 6.06. The Labute approximate surface area is 108 Å². The normalized spacial score (nSPS) is 12.9. The maximum Gasteiger partial charge on any atom is 0.314 e. The zero-order valence-corrected chi connectivity index (χ0v) is 10.9. The number of hydrogen-bond acceptors (Lipinski definition) is 3. The highest BCUT2D eigenvalue weighted by Crippen LogP contribution is 2.16. The molecule has 0 radical (unpaired) electrons. The van der Waals surface area contributed by atoms with Crippen molar-refractivity contribution in [1.82, 2.24) is 0 Å². The van der Waals surface area contributed by atoms with Crippen LogP contribution in [0.5, 0.6) is 0 Å². The highest BCUT2D eigenvalue weighted by Gasteiger charge is 2.21. The second kappa shape index (κ2) is 7.43. The van der Waals surface area contributed by atoms with Gasteiger partial charge in [-0.05, 0) is 32.4 Å². The second-order valence-electron chi connectivity index (χ2n) is 3.92. The third-order valence-electron chi connectivity index (χ3n) is 2.54. The quantitative estimate of drug-likeness (QED) is 0.437. The van der Waals surface area contributed by atoms with E-state index in [0.717, 1.165) is 11.4 Å². The van der Waals surface area contributed by atoms with Gasteiger partial charge in [-0.1, -0.05) is 24.3 Å². The second-order valence-corrected chi connectivity index (χ2v) is 3.92. The first kappa shape index (κ1) is 14.2. The van der Waals surface area contributed by atoms with Gasteiger partial charge in [0.25, 0.3) is 0 Å². The number of benzene rings is 1. The zero-order valence-electron chi connectivity index (χ0n) is 10.9. The van der Waals surface area contributed by atoms with Crippen LogP contribution >= 0.6 is 0 Å². The van der Waals surface area contributed by atoms with Crippen LogP contribution in [0.1, 0.15) is 20.3 Å². The van der Waals surface area contributed by atoms with Crippen molar-refractivity contribution >= 4 is 17.4 Å². The van der Waals surface area contributed by atoms with Gasteiger partial charge in [0.15, 0.2) is 0 Å². The molecule has 0 saturated heterocycles. The number of rotatable bonds is 6. The Kier molecular flexibility index (Phi) is 5.85. The average Bonchev–Trinajstić information content (AvgIpc) is 2.37. The molecule has 0 amide bonds. The summed E-state index contributed by atoms with van der Waals surface area (Å²) in [5.41, 5.74) is 1.59. The molecule has 0 N–H and O–H groups in total. The summed E-state index contributed by atoms with van der Waals surface area (Å²) < 4.78 is 5.05. The first-order chi connectivity index (χ1) is 8.69. The van der Waals surface area contributed by atoms with Gasteiger partial charge in [-0.3, -0.25) is 9.79 Å². The van der Waals surface area contributed by atoms with Gasteiger partial charge >= 0.3 is 5.97 Å². The van der Waals surface area contributed by atoms with Gasteiger partial charge in [0.1, 0.15) is 0 Å². The molecule has 96 valence electrons. The molecule has 1 aromatic rings. The summed E-state index contributed by atoms with van der Waals surface area (Å²) in [6.45, 7) is 7.69. The van der Waals surface area contributed by atoms with Crippen LogP contribution in [0.15, 0.2) is 48.0 Å². The fourth-order valence-corrected chi connectivity index (χ4v) is 1.63. The molecular weight excluding hydrogens is 226 g/mol. The molecule has 0 fully saturated rings. The van der Waals surface area contributed by atoms with E-state index in [1.165, 1.54) is 0 Å². The van der Waals surface area contributed by atoms with Crippen molar-refractivity contribution in [3.63, 3.8) is 0 Å². The molecule has 0 saturated carbocycles. The van der Waals surface area contributed by atoms with E-state index in [4.69, 9.17) is 4.74 Å².